The summed E-state index contributed by atoms with van der Waals surface area (Å²) in [7, 11) is 0. The van der Waals surface area contributed by atoms with Crippen molar-refractivity contribution >= 4 is 11.9 Å². The second-order valence-corrected chi connectivity index (χ2v) is 14.8. The van der Waals surface area contributed by atoms with Crippen LogP contribution < -0.4 is 0 Å². The molecule has 0 aromatic carbocycles. The Bertz CT molecular complexity index is 980. The Morgan fingerprint density at radius 2 is 1.06 bits per heavy atom. The molecule has 0 aliphatic carbocycles. The van der Waals surface area contributed by atoms with Crippen molar-refractivity contribution in [2.75, 3.05) is 19.8 Å². The first kappa shape index (κ1) is 49.9. The first-order chi connectivity index (χ1) is 26.3. The third-order valence-corrected chi connectivity index (χ3v) is 9.78. The van der Waals surface area contributed by atoms with E-state index in [1.807, 2.05) is 0 Å². The summed E-state index contributed by atoms with van der Waals surface area (Å²) in [4.78, 5) is 25.2. The molecular weight excluding hydrogens is 688 g/mol. The van der Waals surface area contributed by atoms with Crippen LogP contribution >= 0.6 is 0 Å². The van der Waals surface area contributed by atoms with Gasteiger partial charge in [-0.2, -0.15) is 0 Å². The van der Waals surface area contributed by atoms with Gasteiger partial charge in [-0.05, 0) is 44.9 Å². The number of carbonyl (C=O) groups excluding carboxylic acids is 2. The molecule has 0 saturated carbocycles. The third-order valence-electron chi connectivity index (χ3n) is 9.78. The summed E-state index contributed by atoms with van der Waals surface area (Å²) in [6, 6.07) is 0. The first-order valence-corrected chi connectivity index (χ1v) is 21.6. The zero-order valence-electron chi connectivity index (χ0n) is 34.0. The Hall–Kier alpha value is -2.08. The minimum absolute atomic E-state index is 0.205. The van der Waals surface area contributed by atoms with Crippen LogP contribution in [0.25, 0.3) is 0 Å². The van der Waals surface area contributed by atoms with Gasteiger partial charge in [0.15, 0.2) is 12.4 Å². The van der Waals surface area contributed by atoms with Crippen molar-refractivity contribution in [1.82, 2.24) is 0 Å². The van der Waals surface area contributed by atoms with E-state index in [4.69, 9.17) is 18.9 Å². The molecule has 2 unspecified atom stereocenters. The van der Waals surface area contributed by atoms with E-state index in [2.05, 4.69) is 50.3 Å². The number of aliphatic hydroxyl groups excluding tert-OH is 4. The Balaban J connectivity index is 2.38. The van der Waals surface area contributed by atoms with Crippen molar-refractivity contribution in [3.8, 4) is 0 Å². The topological polar surface area (TPSA) is 152 Å². The number of hydrogen-bond donors (Lipinski definition) is 4. The Kier molecular flexibility index (Phi) is 32.7. The molecule has 0 aromatic rings. The van der Waals surface area contributed by atoms with E-state index in [1.165, 1.54) is 89.9 Å². The Morgan fingerprint density at radius 1 is 0.574 bits per heavy atom. The fourth-order valence-electron chi connectivity index (χ4n) is 6.32. The minimum atomic E-state index is -1.60. The van der Waals surface area contributed by atoms with E-state index in [0.717, 1.165) is 44.9 Å². The molecule has 6 atom stereocenters. The van der Waals surface area contributed by atoms with Crippen molar-refractivity contribution < 1.29 is 49.0 Å². The van der Waals surface area contributed by atoms with Gasteiger partial charge >= 0.3 is 11.9 Å². The van der Waals surface area contributed by atoms with Crippen LogP contribution in [0.15, 0.2) is 36.5 Å². The summed E-state index contributed by atoms with van der Waals surface area (Å²) in [5.41, 5.74) is 0. The van der Waals surface area contributed by atoms with E-state index in [1.54, 1.807) is 0 Å². The van der Waals surface area contributed by atoms with Crippen LogP contribution in [0.3, 0.4) is 0 Å². The molecule has 1 aliphatic heterocycles. The van der Waals surface area contributed by atoms with Gasteiger partial charge in [-0.25, -0.2) is 0 Å². The third kappa shape index (κ3) is 26.7. The highest BCUT2D eigenvalue weighted by molar-refractivity contribution is 5.70. The van der Waals surface area contributed by atoms with Crippen LogP contribution in [0.2, 0.25) is 0 Å². The number of allylic oxidation sites excluding steroid dienone is 6. The van der Waals surface area contributed by atoms with Gasteiger partial charge in [-0.15, -0.1) is 0 Å². The number of hydrogen-bond acceptors (Lipinski definition) is 10. The lowest BCUT2D eigenvalue weighted by atomic mass is 9.99. The highest BCUT2D eigenvalue weighted by Gasteiger charge is 2.44. The molecule has 314 valence electrons. The molecule has 0 radical (unpaired) electrons. The van der Waals surface area contributed by atoms with Gasteiger partial charge in [0.25, 0.3) is 0 Å². The molecule has 0 aromatic heterocycles. The lowest BCUT2D eigenvalue weighted by Crippen LogP contribution is -2.59. The number of aliphatic hydroxyl groups is 4. The number of ether oxygens (including phenoxy) is 4. The summed E-state index contributed by atoms with van der Waals surface area (Å²) in [6.45, 7) is 3.35. The molecule has 1 saturated heterocycles. The maximum Gasteiger partial charge on any atom is 0.306 e. The molecule has 54 heavy (non-hydrogen) atoms. The largest absolute Gasteiger partial charge is 0.462 e. The molecule has 1 heterocycles. The predicted octanol–water partition coefficient (Wildman–Crippen LogP) is 8.72. The van der Waals surface area contributed by atoms with Crippen molar-refractivity contribution in [3.05, 3.63) is 36.5 Å². The summed E-state index contributed by atoms with van der Waals surface area (Å²) in [6.07, 6.45) is 31.6. The monoisotopic (exact) mass is 767 g/mol. The number of carbonyl (C=O) groups is 2. The molecule has 4 N–H and O–H groups in total. The summed E-state index contributed by atoms with van der Waals surface area (Å²) in [5, 5.41) is 40.0. The van der Waals surface area contributed by atoms with Gasteiger partial charge < -0.3 is 39.4 Å². The van der Waals surface area contributed by atoms with Crippen molar-refractivity contribution in [1.29, 1.82) is 0 Å². The van der Waals surface area contributed by atoms with Gasteiger partial charge in [0, 0.05) is 12.8 Å². The average molecular weight is 767 g/mol. The molecule has 0 amide bonds. The maximum absolute atomic E-state index is 12.7. The van der Waals surface area contributed by atoms with E-state index < -0.39 is 55.4 Å². The van der Waals surface area contributed by atoms with Crippen LogP contribution in [0.1, 0.15) is 174 Å². The minimum Gasteiger partial charge on any atom is -0.462 e. The zero-order chi connectivity index (χ0) is 39.5. The fourth-order valence-corrected chi connectivity index (χ4v) is 6.32. The molecule has 1 fully saturated rings. The van der Waals surface area contributed by atoms with Crippen LogP contribution in [0, 0.1) is 0 Å². The van der Waals surface area contributed by atoms with Crippen molar-refractivity contribution in [3.63, 3.8) is 0 Å². The smallest absolute Gasteiger partial charge is 0.306 e. The fraction of sp³-hybridized carbons (Fsp3) is 0.818. The van der Waals surface area contributed by atoms with E-state index in [0.29, 0.717) is 12.8 Å². The van der Waals surface area contributed by atoms with Crippen LogP contribution in [-0.2, 0) is 28.5 Å². The van der Waals surface area contributed by atoms with Crippen LogP contribution in [0.4, 0.5) is 0 Å². The summed E-state index contributed by atoms with van der Waals surface area (Å²) >= 11 is 0. The molecule has 1 aliphatic rings. The molecular formula is C44H78O10. The van der Waals surface area contributed by atoms with Gasteiger partial charge in [0.1, 0.15) is 31.0 Å². The second kappa shape index (κ2) is 35.3. The molecule has 0 spiro atoms. The van der Waals surface area contributed by atoms with Gasteiger partial charge in [-0.1, -0.05) is 153 Å². The second-order valence-electron chi connectivity index (χ2n) is 14.8. The van der Waals surface area contributed by atoms with E-state index >= 15 is 0 Å². The molecule has 10 heteroatoms. The standard InChI is InChI=1S/C44H78O10/c1-3-5-7-9-11-13-15-17-18-19-20-21-23-24-26-28-30-32-39(46)51-35-37(36-52-44-43(50)42(49)41(48)38(34-45)54-44)53-40(47)33-31-29-27-25-22-16-14-12-10-8-6-4-2/h17-18,20-21,24,26,37-38,41-45,48-50H,3-16,19,22-23,25,27-36H2,1-2H3/b18-17+,21-20+,26-24+/t37-,38-,41+,42?,43?,44-/m0/s1. The summed E-state index contributed by atoms with van der Waals surface area (Å²) in [5.74, 6) is -0.866. The van der Waals surface area contributed by atoms with E-state index in [9.17, 15) is 30.0 Å². The Labute approximate surface area is 327 Å². The normalized spacial score (nSPS) is 21.0. The van der Waals surface area contributed by atoms with Crippen molar-refractivity contribution in [2.45, 2.75) is 211 Å². The molecule has 10 nitrogen and oxygen atoms in total. The van der Waals surface area contributed by atoms with E-state index in [-0.39, 0.29) is 26.1 Å². The highest BCUT2D eigenvalue weighted by atomic mass is 16.7. The van der Waals surface area contributed by atoms with Gasteiger partial charge in [-0.3, -0.25) is 9.59 Å². The summed E-state index contributed by atoms with van der Waals surface area (Å²) < 4.78 is 22.1. The highest BCUT2D eigenvalue weighted by Crippen LogP contribution is 2.22. The molecule has 0 bridgehead atoms. The van der Waals surface area contributed by atoms with Crippen LogP contribution in [0.5, 0.6) is 0 Å². The van der Waals surface area contributed by atoms with Crippen LogP contribution in [-0.4, -0.2) is 89.0 Å². The van der Waals surface area contributed by atoms with Gasteiger partial charge in [0.2, 0.25) is 0 Å². The molecule has 1 rings (SSSR count). The quantitative estimate of drug-likeness (QED) is 0.0280. The number of rotatable bonds is 35. The van der Waals surface area contributed by atoms with Gasteiger partial charge in [0.05, 0.1) is 13.2 Å². The Morgan fingerprint density at radius 3 is 1.61 bits per heavy atom. The number of esters is 2. The van der Waals surface area contributed by atoms with Crippen molar-refractivity contribution in [2.24, 2.45) is 0 Å². The SMILES string of the molecule is CCCCCCCC/C=C/C/C=C/C/C=C/CCCC(=O)OC[C@@H](CO[C@H]1O[C@@H](CO)[C@@H](O)C(O)C1O)OC(=O)CCCCCCCCCCCCCC. The zero-order valence-corrected chi connectivity index (χ0v) is 34.0. The number of unbranched alkanes of at least 4 members (excludes halogenated alkanes) is 18. The lowest BCUT2D eigenvalue weighted by Gasteiger charge is -2.39. The lowest BCUT2D eigenvalue weighted by molar-refractivity contribution is -0.305. The maximum atomic E-state index is 12.7. The predicted molar refractivity (Wildman–Crippen MR) is 215 cm³/mol. The average Bonchev–Trinajstić information content (AvgIpc) is 3.17. The first-order valence-electron chi connectivity index (χ1n) is 21.6.